The summed E-state index contributed by atoms with van der Waals surface area (Å²) in [5.41, 5.74) is 0.853. The molecule has 0 radical (unpaired) electrons. The normalized spacial score (nSPS) is 16.3. The predicted molar refractivity (Wildman–Crippen MR) is 98.4 cm³/mol. The fourth-order valence-electron chi connectivity index (χ4n) is 3.05. The van der Waals surface area contributed by atoms with Crippen LogP contribution in [0.15, 0.2) is 41.5 Å². The molecule has 2 aromatic rings. The van der Waals surface area contributed by atoms with Crippen molar-refractivity contribution >= 4 is 5.96 Å². The van der Waals surface area contributed by atoms with Gasteiger partial charge in [-0.3, -0.25) is 4.68 Å². The van der Waals surface area contributed by atoms with E-state index in [1.54, 1.807) is 16.9 Å². The van der Waals surface area contributed by atoms with Gasteiger partial charge < -0.3 is 10.6 Å². The molecule has 3 rings (SSSR count). The zero-order valence-corrected chi connectivity index (χ0v) is 15.5. The number of hydrogen-bond acceptors (Lipinski definition) is 2. The highest BCUT2D eigenvalue weighted by Gasteiger charge is 2.45. The van der Waals surface area contributed by atoms with Gasteiger partial charge >= 0.3 is 6.18 Å². The van der Waals surface area contributed by atoms with Gasteiger partial charge in [0, 0.05) is 31.7 Å². The minimum atomic E-state index is -4.32. The van der Waals surface area contributed by atoms with Crippen molar-refractivity contribution in [2.24, 2.45) is 12.0 Å². The van der Waals surface area contributed by atoms with Crippen LogP contribution < -0.4 is 10.6 Å². The number of alkyl halides is 3. The molecular weight excluding hydrogens is 355 g/mol. The van der Waals surface area contributed by atoms with Gasteiger partial charge in [0.1, 0.15) is 0 Å². The molecule has 1 aromatic carbocycles. The SMILES string of the molecule is CCNC(=NCc1ccnn1C)NCC1(c2cccc(C(F)(F)F)c2)CC1. The monoisotopic (exact) mass is 379 g/mol. The lowest BCUT2D eigenvalue weighted by Gasteiger charge is -2.20. The second kappa shape index (κ2) is 7.62. The van der Waals surface area contributed by atoms with Crippen LogP contribution in [0.1, 0.15) is 36.6 Å². The Morgan fingerprint density at radius 2 is 2.04 bits per heavy atom. The van der Waals surface area contributed by atoms with Gasteiger partial charge in [-0.2, -0.15) is 18.3 Å². The van der Waals surface area contributed by atoms with Crippen LogP contribution in [0.4, 0.5) is 13.2 Å². The summed E-state index contributed by atoms with van der Waals surface area (Å²) >= 11 is 0. The van der Waals surface area contributed by atoms with Gasteiger partial charge in [-0.25, -0.2) is 4.99 Å². The Hall–Kier alpha value is -2.51. The summed E-state index contributed by atoms with van der Waals surface area (Å²) in [7, 11) is 1.86. The summed E-state index contributed by atoms with van der Waals surface area (Å²) < 4.78 is 40.8. The quantitative estimate of drug-likeness (QED) is 0.599. The van der Waals surface area contributed by atoms with E-state index in [1.807, 2.05) is 20.0 Å². The van der Waals surface area contributed by atoms with E-state index in [9.17, 15) is 13.2 Å². The Labute approximate surface area is 156 Å². The molecule has 27 heavy (non-hydrogen) atoms. The minimum Gasteiger partial charge on any atom is -0.357 e. The van der Waals surface area contributed by atoms with E-state index in [2.05, 4.69) is 20.7 Å². The second-order valence-electron chi connectivity index (χ2n) is 6.85. The summed E-state index contributed by atoms with van der Waals surface area (Å²) in [5, 5.41) is 10.6. The van der Waals surface area contributed by atoms with Crippen LogP contribution in [0, 0.1) is 0 Å². The van der Waals surface area contributed by atoms with Crippen LogP contribution in [0.2, 0.25) is 0 Å². The van der Waals surface area contributed by atoms with Crippen LogP contribution in [-0.2, 0) is 25.2 Å². The van der Waals surface area contributed by atoms with Crippen molar-refractivity contribution in [3.63, 3.8) is 0 Å². The summed E-state index contributed by atoms with van der Waals surface area (Å²) in [5.74, 6) is 0.650. The Bertz CT molecular complexity index is 806. The summed E-state index contributed by atoms with van der Waals surface area (Å²) in [4.78, 5) is 4.55. The number of hydrogen-bond donors (Lipinski definition) is 2. The van der Waals surface area contributed by atoms with Gasteiger partial charge in [0.2, 0.25) is 0 Å². The highest BCUT2D eigenvalue weighted by atomic mass is 19.4. The number of guanidine groups is 1. The molecule has 0 unspecified atom stereocenters. The van der Waals surface area contributed by atoms with Gasteiger partial charge in [-0.05, 0) is 37.5 Å². The van der Waals surface area contributed by atoms with Gasteiger partial charge in [0.25, 0.3) is 0 Å². The highest BCUT2D eigenvalue weighted by Crippen LogP contribution is 2.48. The lowest BCUT2D eigenvalue weighted by molar-refractivity contribution is -0.137. The van der Waals surface area contributed by atoms with Gasteiger partial charge in [-0.15, -0.1) is 0 Å². The third kappa shape index (κ3) is 4.61. The van der Waals surface area contributed by atoms with Gasteiger partial charge in [-0.1, -0.05) is 18.2 Å². The largest absolute Gasteiger partial charge is 0.416 e. The van der Waals surface area contributed by atoms with Crippen LogP contribution in [0.3, 0.4) is 0 Å². The molecule has 1 saturated carbocycles. The fourth-order valence-corrected chi connectivity index (χ4v) is 3.05. The van der Waals surface area contributed by atoms with Crippen molar-refractivity contribution < 1.29 is 13.2 Å². The Morgan fingerprint density at radius 1 is 1.26 bits per heavy atom. The van der Waals surface area contributed by atoms with E-state index >= 15 is 0 Å². The van der Waals surface area contributed by atoms with Crippen molar-refractivity contribution in [3.8, 4) is 0 Å². The Balaban J connectivity index is 1.69. The number of nitrogens with one attached hydrogen (secondary N) is 2. The second-order valence-corrected chi connectivity index (χ2v) is 6.85. The van der Waals surface area contributed by atoms with Crippen LogP contribution >= 0.6 is 0 Å². The van der Waals surface area contributed by atoms with Crippen molar-refractivity contribution in [3.05, 3.63) is 53.3 Å². The maximum atomic E-state index is 13.0. The molecule has 146 valence electrons. The van der Waals surface area contributed by atoms with Crippen LogP contribution in [0.5, 0.6) is 0 Å². The van der Waals surface area contributed by atoms with Crippen molar-refractivity contribution in [1.29, 1.82) is 0 Å². The fraction of sp³-hybridized carbons (Fsp3) is 0.474. The van der Waals surface area contributed by atoms with E-state index in [1.165, 1.54) is 12.1 Å². The molecule has 0 bridgehead atoms. The maximum Gasteiger partial charge on any atom is 0.416 e. The molecule has 0 saturated heterocycles. The highest BCUT2D eigenvalue weighted by molar-refractivity contribution is 5.80. The first-order valence-electron chi connectivity index (χ1n) is 9.01. The first-order chi connectivity index (χ1) is 12.8. The molecule has 1 fully saturated rings. The number of rotatable bonds is 6. The topological polar surface area (TPSA) is 54.2 Å². The molecule has 1 heterocycles. The van der Waals surface area contributed by atoms with Crippen molar-refractivity contribution in [1.82, 2.24) is 20.4 Å². The van der Waals surface area contributed by atoms with E-state index in [0.717, 1.165) is 30.2 Å². The van der Waals surface area contributed by atoms with E-state index in [0.29, 0.717) is 25.6 Å². The summed E-state index contributed by atoms with van der Waals surface area (Å²) in [6.45, 7) is 3.70. The summed E-state index contributed by atoms with van der Waals surface area (Å²) in [6.07, 6.45) is -0.873. The molecule has 2 N–H and O–H groups in total. The number of aliphatic imine (C=N–C) groups is 1. The van der Waals surface area contributed by atoms with Crippen molar-refractivity contribution in [2.75, 3.05) is 13.1 Å². The van der Waals surface area contributed by atoms with Gasteiger partial charge in [0.05, 0.1) is 17.8 Å². The molecule has 1 aliphatic rings. The van der Waals surface area contributed by atoms with E-state index in [-0.39, 0.29) is 5.41 Å². The molecule has 0 atom stereocenters. The average Bonchev–Trinajstić information content (AvgIpc) is 3.32. The average molecular weight is 379 g/mol. The third-order valence-electron chi connectivity index (χ3n) is 4.92. The van der Waals surface area contributed by atoms with Crippen LogP contribution in [0.25, 0.3) is 0 Å². The number of aromatic nitrogens is 2. The van der Waals surface area contributed by atoms with Crippen molar-refractivity contribution in [2.45, 2.75) is 37.9 Å². The molecular formula is C19H24F3N5. The lowest BCUT2D eigenvalue weighted by Crippen LogP contribution is -2.41. The van der Waals surface area contributed by atoms with E-state index < -0.39 is 11.7 Å². The Morgan fingerprint density at radius 3 is 2.63 bits per heavy atom. The first-order valence-corrected chi connectivity index (χ1v) is 9.01. The molecule has 0 spiro atoms. The first kappa shape index (κ1) is 19.3. The van der Waals surface area contributed by atoms with E-state index in [4.69, 9.17) is 0 Å². The third-order valence-corrected chi connectivity index (χ3v) is 4.92. The molecule has 8 heteroatoms. The maximum absolute atomic E-state index is 13.0. The molecule has 0 aliphatic heterocycles. The summed E-state index contributed by atoms with van der Waals surface area (Å²) in [6, 6.07) is 7.56. The lowest BCUT2D eigenvalue weighted by atomic mass is 9.94. The standard InChI is InChI=1S/C19H24F3N5/c1-3-23-17(24-12-16-7-10-26-27(16)2)25-13-18(8-9-18)14-5-4-6-15(11-14)19(20,21)22/h4-7,10-11H,3,8-9,12-13H2,1-2H3,(H2,23,24,25). The molecule has 1 aromatic heterocycles. The molecule has 5 nitrogen and oxygen atoms in total. The number of nitrogens with zero attached hydrogens (tertiary/aromatic N) is 3. The Kier molecular flexibility index (Phi) is 5.43. The molecule has 0 amide bonds. The number of benzene rings is 1. The number of halogens is 3. The zero-order chi connectivity index (χ0) is 19.5. The number of aryl methyl sites for hydroxylation is 1. The predicted octanol–water partition coefficient (Wildman–Crippen LogP) is 3.23. The smallest absolute Gasteiger partial charge is 0.357 e. The minimum absolute atomic E-state index is 0.260. The molecule has 1 aliphatic carbocycles. The van der Waals surface area contributed by atoms with Crippen LogP contribution in [-0.4, -0.2) is 28.8 Å². The van der Waals surface area contributed by atoms with Gasteiger partial charge in [0.15, 0.2) is 5.96 Å². The zero-order valence-electron chi connectivity index (χ0n) is 15.5.